The lowest BCUT2D eigenvalue weighted by molar-refractivity contribution is -0.137. The lowest BCUT2D eigenvalue weighted by atomic mass is 10.1. The van der Waals surface area contributed by atoms with Gasteiger partial charge < -0.3 is 11.1 Å². The van der Waals surface area contributed by atoms with Gasteiger partial charge in [-0.2, -0.15) is 13.2 Å². The summed E-state index contributed by atoms with van der Waals surface area (Å²) < 4.78 is 36.8. The summed E-state index contributed by atoms with van der Waals surface area (Å²) in [6, 6.07) is 5.27. The summed E-state index contributed by atoms with van der Waals surface area (Å²) in [4.78, 5) is 0. The van der Waals surface area contributed by atoms with Crippen molar-refractivity contribution in [1.82, 2.24) is 5.32 Å². The highest BCUT2D eigenvalue weighted by atomic mass is 19.4. The second kappa shape index (κ2) is 5.32. The van der Waals surface area contributed by atoms with E-state index in [1.54, 1.807) is 0 Å². The molecule has 0 fully saturated rings. The third-order valence-electron chi connectivity index (χ3n) is 2.29. The quantitative estimate of drug-likeness (QED) is 0.834. The van der Waals surface area contributed by atoms with Crippen LogP contribution in [0.2, 0.25) is 0 Å². The number of nitrogens with one attached hydrogen (secondary N) is 1. The second-order valence-corrected chi connectivity index (χ2v) is 3.71. The summed E-state index contributed by atoms with van der Waals surface area (Å²) in [6.45, 7) is 2.95. The Labute approximate surface area is 92.6 Å². The van der Waals surface area contributed by atoms with E-state index in [1.807, 2.05) is 6.92 Å². The first-order valence-corrected chi connectivity index (χ1v) is 5.03. The fourth-order valence-electron chi connectivity index (χ4n) is 1.19. The van der Waals surface area contributed by atoms with E-state index in [0.717, 1.165) is 17.7 Å². The van der Waals surface area contributed by atoms with Gasteiger partial charge in [-0.15, -0.1) is 0 Å². The number of nitrogens with two attached hydrogens (primary N) is 1. The molecule has 0 amide bonds. The van der Waals surface area contributed by atoms with Crippen LogP contribution in [0, 0.1) is 0 Å². The molecular weight excluding hydrogens is 217 g/mol. The fraction of sp³-hybridized carbons (Fsp3) is 0.455. The molecule has 5 heteroatoms. The minimum Gasteiger partial charge on any atom is -0.329 e. The van der Waals surface area contributed by atoms with E-state index in [2.05, 4.69) is 5.32 Å². The average Bonchev–Trinajstić information content (AvgIpc) is 2.25. The summed E-state index contributed by atoms with van der Waals surface area (Å²) in [7, 11) is 0. The fourth-order valence-corrected chi connectivity index (χ4v) is 1.19. The Morgan fingerprint density at radius 1 is 1.25 bits per heavy atom. The van der Waals surface area contributed by atoms with Crippen LogP contribution in [0.3, 0.4) is 0 Å². The highest BCUT2D eigenvalue weighted by molar-refractivity contribution is 5.24. The van der Waals surface area contributed by atoms with Gasteiger partial charge in [-0.05, 0) is 24.6 Å². The molecular formula is C11H15F3N2. The summed E-state index contributed by atoms with van der Waals surface area (Å²) in [6.07, 6.45) is -4.27. The van der Waals surface area contributed by atoms with E-state index in [-0.39, 0.29) is 6.04 Å². The first kappa shape index (κ1) is 13.0. The van der Waals surface area contributed by atoms with Crippen molar-refractivity contribution in [3.05, 3.63) is 35.4 Å². The van der Waals surface area contributed by atoms with E-state index < -0.39 is 11.7 Å². The summed E-state index contributed by atoms with van der Waals surface area (Å²) in [5.41, 5.74) is 5.60. The second-order valence-electron chi connectivity index (χ2n) is 3.71. The molecule has 0 aliphatic carbocycles. The van der Waals surface area contributed by atoms with Crippen molar-refractivity contribution in [2.75, 3.05) is 6.54 Å². The van der Waals surface area contributed by atoms with Crippen LogP contribution in [0.1, 0.15) is 18.1 Å². The number of hydrogen-bond donors (Lipinski definition) is 2. The number of benzene rings is 1. The van der Waals surface area contributed by atoms with Crippen molar-refractivity contribution in [3.63, 3.8) is 0 Å². The Morgan fingerprint density at radius 2 is 1.81 bits per heavy atom. The molecule has 1 rings (SSSR count). The molecule has 0 heterocycles. The molecule has 0 unspecified atom stereocenters. The molecule has 0 bridgehead atoms. The van der Waals surface area contributed by atoms with Crippen LogP contribution in [-0.2, 0) is 12.7 Å². The third kappa shape index (κ3) is 3.83. The van der Waals surface area contributed by atoms with E-state index >= 15 is 0 Å². The molecule has 1 aromatic rings. The Kier molecular flexibility index (Phi) is 4.32. The molecule has 1 aromatic carbocycles. The number of halogens is 3. The van der Waals surface area contributed by atoms with Gasteiger partial charge in [-0.3, -0.25) is 0 Å². The van der Waals surface area contributed by atoms with Crippen LogP contribution in [0.25, 0.3) is 0 Å². The Morgan fingerprint density at radius 3 is 2.25 bits per heavy atom. The third-order valence-corrected chi connectivity index (χ3v) is 2.29. The van der Waals surface area contributed by atoms with Crippen molar-refractivity contribution in [3.8, 4) is 0 Å². The van der Waals surface area contributed by atoms with Crippen molar-refractivity contribution < 1.29 is 13.2 Å². The molecule has 0 saturated carbocycles. The molecule has 3 N–H and O–H groups in total. The lowest BCUT2D eigenvalue weighted by Gasteiger charge is -2.12. The molecule has 0 radical (unpaired) electrons. The number of hydrogen-bond acceptors (Lipinski definition) is 2. The Hall–Kier alpha value is -1.07. The smallest absolute Gasteiger partial charge is 0.329 e. The molecule has 2 nitrogen and oxygen atoms in total. The minimum atomic E-state index is -4.27. The van der Waals surface area contributed by atoms with Gasteiger partial charge in [-0.1, -0.05) is 12.1 Å². The van der Waals surface area contributed by atoms with Crippen molar-refractivity contribution in [1.29, 1.82) is 0 Å². The van der Waals surface area contributed by atoms with E-state index in [0.29, 0.717) is 13.1 Å². The molecule has 0 saturated heterocycles. The van der Waals surface area contributed by atoms with E-state index in [4.69, 9.17) is 5.73 Å². The normalized spacial score (nSPS) is 13.8. The van der Waals surface area contributed by atoms with E-state index in [1.165, 1.54) is 12.1 Å². The van der Waals surface area contributed by atoms with Crippen LogP contribution >= 0.6 is 0 Å². The standard InChI is InChI=1S/C11H15F3N2/c1-8(6-15)16-7-9-2-4-10(5-3-9)11(12,13)14/h2-5,8,16H,6-7,15H2,1H3/t8-/m1/s1. The average molecular weight is 232 g/mol. The maximum atomic E-state index is 12.3. The van der Waals surface area contributed by atoms with Gasteiger partial charge in [0.2, 0.25) is 0 Å². The van der Waals surface area contributed by atoms with Crippen LogP contribution in [-0.4, -0.2) is 12.6 Å². The predicted octanol–water partition coefficient (Wildman–Crippen LogP) is 2.14. The van der Waals surface area contributed by atoms with Crippen LogP contribution < -0.4 is 11.1 Å². The van der Waals surface area contributed by atoms with Gasteiger partial charge in [0.25, 0.3) is 0 Å². The first-order chi connectivity index (χ1) is 7.43. The van der Waals surface area contributed by atoms with E-state index in [9.17, 15) is 13.2 Å². The maximum absolute atomic E-state index is 12.3. The van der Waals surface area contributed by atoms with Crippen molar-refractivity contribution >= 4 is 0 Å². The van der Waals surface area contributed by atoms with Crippen LogP contribution in [0.15, 0.2) is 24.3 Å². The van der Waals surface area contributed by atoms with Gasteiger partial charge in [0.1, 0.15) is 0 Å². The SMILES string of the molecule is C[C@H](CN)NCc1ccc(C(F)(F)F)cc1. The zero-order chi connectivity index (χ0) is 12.2. The zero-order valence-electron chi connectivity index (χ0n) is 9.01. The highest BCUT2D eigenvalue weighted by Gasteiger charge is 2.29. The minimum absolute atomic E-state index is 0.155. The number of rotatable bonds is 4. The topological polar surface area (TPSA) is 38.0 Å². The van der Waals surface area contributed by atoms with Crippen molar-refractivity contribution in [2.45, 2.75) is 25.7 Å². The van der Waals surface area contributed by atoms with Gasteiger partial charge in [0.15, 0.2) is 0 Å². The van der Waals surface area contributed by atoms with Crippen LogP contribution in [0.5, 0.6) is 0 Å². The summed E-state index contributed by atoms with van der Waals surface area (Å²) >= 11 is 0. The van der Waals surface area contributed by atoms with Gasteiger partial charge in [-0.25, -0.2) is 0 Å². The predicted molar refractivity (Wildman–Crippen MR) is 56.8 cm³/mol. The number of alkyl halides is 3. The molecule has 90 valence electrons. The highest BCUT2D eigenvalue weighted by Crippen LogP contribution is 2.28. The van der Waals surface area contributed by atoms with Gasteiger partial charge in [0.05, 0.1) is 5.56 Å². The zero-order valence-corrected chi connectivity index (χ0v) is 9.01. The van der Waals surface area contributed by atoms with Gasteiger partial charge >= 0.3 is 6.18 Å². The van der Waals surface area contributed by atoms with Gasteiger partial charge in [0, 0.05) is 19.1 Å². The summed E-state index contributed by atoms with van der Waals surface area (Å²) in [5.74, 6) is 0. The first-order valence-electron chi connectivity index (χ1n) is 5.03. The Balaban J connectivity index is 2.58. The maximum Gasteiger partial charge on any atom is 0.416 e. The molecule has 0 aliphatic rings. The molecule has 16 heavy (non-hydrogen) atoms. The monoisotopic (exact) mass is 232 g/mol. The molecule has 0 aliphatic heterocycles. The Bertz CT molecular complexity index is 319. The van der Waals surface area contributed by atoms with Crippen molar-refractivity contribution in [2.24, 2.45) is 5.73 Å². The lowest BCUT2D eigenvalue weighted by Crippen LogP contribution is -2.32. The summed E-state index contributed by atoms with van der Waals surface area (Å²) in [5, 5.41) is 3.10. The molecule has 0 spiro atoms. The molecule has 1 atom stereocenters. The molecule has 0 aromatic heterocycles. The largest absolute Gasteiger partial charge is 0.416 e. The van der Waals surface area contributed by atoms with Crippen LogP contribution in [0.4, 0.5) is 13.2 Å².